The van der Waals surface area contributed by atoms with Gasteiger partial charge in [-0.25, -0.2) is 14.6 Å². The van der Waals surface area contributed by atoms with E-state index in [2.05, 4.69) is 10.3 Å². The Kier molecular flexibility index (Phi) is 6.26. The lowest BCUT2D eigenvalue weighted by atomic mass is 10.1. The molecular formula is C25H23N3O5. The molecule has 0 unspecified atom stereocenters. The van der Waals surface area contributed by atoms with Gasteiger partial charge in [-0.3, -0.25) is 4.57 Å². The Morgan fingerprint density at radius 1 is 1.00 bits per heavy atom. The van der Waals surface area contributed by atoms with E-state index in [1.807, 2.05) is 30.3 Å². The summed E-state index contributed by atoms with van der Waals surface area (Å²) in [4.78, 5) is 29.3. The monoisotopic (exact) mass is 445 g/mol. The molecule has 168 valence electrons. The number of rotatable bonds is 6. The van der Waals surface area contributed by atoms with E-state index >= 15 is 0 Å². The van der Waals surface area contributed by atoms with Crippen molar-refractivity contribution < 1.29 is 23.8 Å². The fourth-order valence-corrected chi connectivity index (χ4v) is 3.54. The number of hydrogen-bond donors (Lipinski definition) is 1. The molecule has 4 aromatic rings. The maximum Gasteiger partial charge on any atom is 0.338 e. The van der Waals surface area contributed by atoms with Gasteiger partial charge in [-0.15, -0.1) is 0 Å². The molecule has 0 saturated heterocycles. The lowest BCUT2D eigenvalue weighted by Crippen LogP contribution is -2.19. The zero-order valence-electron chi connectivity index (χ0n) is 18.5. The van der Waals surface area contributed by atoms with Crippen LogP contribution in [0.2, 0.25) is 0 Å². The topological polar surface area (TPSA) is 91.7 Å². The minimum absolute atomic E-state index is 0.299. The van der Waals surface area contributed by atoms with Crippen molar-refractivity contribution in [2.75, 3.05) is 26.1 Å². The molecule has 0 aliphatic rings. The average Bonchev–Trinajstić information content (AvgIpc) is 3.24. The molecule has 0 spiro atoms. The van der Waals surface area contributed by atoms with Crippen LogP contribution in [0.1, 0.15) is 17.3 Å². The summed E-state index contributed by atoms with van der Waals surface area (Å²) in [6.45, 7) is 2.05. The van der Waals surface area contributed by atoms with E-state index in [1.54, 1.807) is 57.8 Å². The fourth-order valence-electron chi connectivity index (χ4n) is 3.54. The number of nitrogens with zero attached hydrogens (tertiary/aromatic N) is 2. The molecule has 0 radical (unpaired) electrons. The van der Waals surface area contributed by atoms with Crippen LogP contribution in [-0.4, -0.2) is 42.4 Å². The van der Waals surface area contributed by atoms with E-state index in [1.165, 1.54) is 4.57 Å². The first-order valence-corrected chi connectivity index (χ1v) is 10.3. The van der Waals surface area contributed by atoms with Gasteiger partial charge in [-0.05, 0) is 61.0 Å². The molecule has 0 saturated carbocycles. The van der Waals surface area contributed by atoms with Gasteiger partial charge in [0.2, 0.25) is 0 Å². The third-order valence-corrected chi connectivity index (χ3v) is 5.12. The summed E-state index contributed by atoms with van der Waals surface area (Å²) in [5, 5.41) is 3.66. The van der Waals surface area contributed by atoms with Crippen molar-refractivity contribution in [2.45, 2.75) is 6.92 Å². The largest absolute Gasteiger partial charge is 0.493 e. The number of aromatic nitrogens is 2. The second-order valence-corrected chi connectivity index (χ2v) is 7.09. The lowest BCUT2D eigenvalue weighted by Gasteiger charge is -2.09. The molecule has 2 heterocycles. The summed E-state index contributed by atoms with van der Waals surface area (Å²) in [5.41, 5.74) is 3.16. The lowest BCUT2D eigenvalue weighted by molar-refractivity contribution is 0.0526. The number of nitrogens with one attached hydrogen (secondary N) is 1. The average molecular weight is 445 g/mol. The van der Waals surface area contributed by atoms with E-state index in [0.29, 0.717) is 35.0 Å². The van der Waals surface area contributed by atoms with Crippen molar-refractivity contribution >= 4 is 28.7 Å². The van der Waals surface area contributed by atoms with Gasteiger partial charge >= 0.3 is 12.0 Å². The molecule has 0 atom stereocenters. The number of benzene rings is 2. The highest BCUT2D eigenvalue weighted by Gasteiger charge is 2.17. The van der Waals surface area contributed by atoms with E-state index < -0.39 is 5.97 Å². The van der Waals surface area contributed by atoms with Crippen molar-refractivity contribution in [3.63, 3.8) is 0 Å². The Balaban J connectivity index is 1.66. The summed E-state index contributed by atoms with van der Waals surface area (Å²) in [5.74, 6) is 0.800. The van der Waals surface area contributed by atoms with Gasteiger partial charge in [0, 0.05) is 29.0 Å². The number of fused-ring (bicyclic) bond motifs is 1. The summed E-state index contributed by atoms with van der Waals surface area (Å²) >= 11 is 0. The van der Waals surface area contributed by atoms with Crippen LogP contribution in [0, 0.1) is 0 Å². The first kappa shape index (κ1) is 21.9. The standard InChI is InChI=1S/C25H23N3O5/c1-4-33-24(29)16-7-10-18(11-8-16)27-25(30)28-15-20(19-6-5-13-26-23(19)28)17-9-12-21(31-2)22(14-17)32-3/h5-15H,4H2,1-3H3,(H,27,30). The molecule has 1 amide bonds. The summed E-state index contributed by atoms with van der Waals surface area (Å²) < 4.78 is 17.2. The van der Waals surface area contributed by atoms with E-state index in [-0.39, 0.29) is 6.03 Å². The van der Waals surface area contributed by atoms with Crippen LogP contribution < -0.4 is 14.8 Å². The minimum Gasteiger partial charge on any atom is -0.493 e. The van der Waals surface area contributed by atoms with Crippen LogP contribution in [0.15, 0.2) is 67.0 Å². The van der Waals surface area contributed by atoms with Gasteiger partial charge in [0.1, 0.15) is 5.65 Å². The quantitative estimate of drug-likeness (QED) is 0.421. The number of carbonyl (C=O) groups excluding carboxylic acids is 2. The molecule has 8 nitrogen and oxygen atoms in total. The Morgan fingerprint density at radius 2 is 1.76 bits per heavy atom. The highest BCUT2D eigenvalue weighted by Crippen LogP contribution is 2.36. The highest BCUT2D eigenvalue weighted by atomic mass is 16.5. The van der Waals surface area contributed by atoms with Crippen molar-refractivity contribution in [1.82, 2.24) is 9.55 Å². The molecule has 8 heteroatoms. The molecule has 2 aromatic heterocycles. The second kappa shape index (κ2) is 9.44. The van der Waals surface area contributed by atoms with Crippen LogP contribution in [0.3, 0.4) is 0 Å². The van der Waals surface area contributed by atoms with Gasteiger partial charge in [-0.2, -0.15) is 0 Å². The normalized spacial score (nSPS) is 10.6. The minimum atomic E-state index is -0.407. The molecule has 0 aliphatic heterocycles. The van der Waals surface area contributed by atoms with Gasteiger partial charge in [0.15, 0.2) is 11.5 Å². The summed E-state index contributed by atoms with van der Waals surface area (Å²) in [6, 6.07) is 15.4. The Morgan fingerprint density at radius 3 is 2.45 bits per heavy atom. The zero-order valence-corrected chi connectivity index (χ0v) is 18.5. The first-order valence-electron chi connectivity index (χ1n) is 10.3. The van der Waals surface area contributed by atoms with Crippen molar-refractivity contribution in [3.8, 4) is 22.6 Å². The summed E-state index contributed by atoms with van der Waals surface area (Å²) in [6.07, 6.45) is 3.37. The summed E-state index contributed by atoms with van der Waals surface area (Å²) in [7, 11) is 3.16. The van der Waals surface area contributed by atoms with Crippen molar-refractivity contribution in [2.24, 2.45) is 0 Å². The van der Waals surface area contributed by atoms with Gasteiger partial charge in [0.25, 0.3) is 0 Å². The predicted octanol–water partition coefficient (Wildman–Crippen LogP) is 4.98. The number of amides is 1. The van der Waals surface area contributed by atoms with Crippen molar-refractivity contribution in [3.05, 3.63) is 72.6 Å². The molecule has 0 aliphatic carbocycles. The number of hydrogen-bond acceptors (Lipinski definition) is 6. The SMILES string of the molecule is CCOC(=O)c1ccc(NC(=O)n2cc(-c3ccc(OC)c(OC)c3)c3cccnc32)cc1. The third kappa shape index (κ3) is 4.36. The molecule has 0 fully saturated rings. The Bertz CT molecular complexity index is 1310. The molecule has 1 N–H and O–H groups in total. The van der Waals surface area contributed by atoms with E-state index in [0.717, 1.165) is 16.5 Å². The Hall–Kier alpha value is -4.33. The Labute approximate surface area is 190 Å². The predicted molar refractivity (Wildman–Crippen MR) is 125 cm³/mol. The van der Waals surface area contributed by atoms with Crippen molar-refractivity contribution in [1.29, 1.82) is 0 Å². The molecular weight excluding hydrogens is 422 g/mol. The number of ether oxygens (including phenoxy) is 3. The second-order valence-electron chi connectivity index (χ2n) is 7.09. The number of pyridine rings is 1. The maximum absolute atomic E-state index is 13.1. The number of methoxy groups -OCH3 is 2. The van der Waals surface area contributed by atoms with Crippen LogP contribution in [0.5, 0.6) is 11.5 Å². The maximum atomic E-state index is 13.1. The third-order valence-electron chi connectivity index (χ3n) is 5.12. The smallest absolute Gasteiger partial charge is 0.338 e. The molecule has 0 bridgehead atoms. The fraction of sp³-hybridized carbons (Fsp3) is 0.160. The highest BCUT2D eigenvalue weighted by molar-refractivity contribution is 6.03. The van der Waals surface area contributed by atoms with Crippen LogP contribution >= 0.6 is 0 Å². The first-order chi connectivity index (χ1) is 16.0. The van der Waals surface area contributed by atoms with E-state index in [9.17, 15) is 9.59 Å². The van der Waals surface area contributed by atoms with Crippen LogP contribution in [-0.2, 0) is 4.74 Å². The van der Waals surface area contributed by atoms with Crippen LogP contribution in [0.4, 0.5) is 10.5 Å². The zero-order chi connectivity index (χ0) is 23.4. The van der Waals surface area contributed by atoms with E-state index in [4.69, 9.17) is 14.2 Å². The number of esters is 1. The molecule has 33 heavy (non-hydrogen) atoms. The molecule has 2 aromatic carbocycles. The van der Waals surface area contributed by atoms with Crippen LogP contribution in [0.25, 0.3) is 22.2 Å². The molecule has 4 rings (SSSR count). The van der Waals surface area contributed by atoms with Gasteiger partial charge < -0.3 is 19.5 Å². The number of anilines is 1. The number of carbonyl (C=O) groups is 2. The van der Waals surface area contributed by atoms with Gasteiger partial charge in [0.05, 0.1) is 26.4 Å². The van der Waals surface area contributed by atoms with Gasteiger partial charge in [-0.1, -0.05) is 6.07 Å².